The van der Waals surface area contributed by atoms with Crippen LogP contribution in [0.5, 0.6) is 5.88 Å². The Morgan fingerprint density at radius 1 is 1.64 bits per heavy atom. The maximum Gasteiger partial charge on any atom is 0.364 e. The predicted molar refractivity (Wildman–Crippen MR) is 47.5 cm³/mol. The first-order valence-electron chi connectivity index (χ1n) is 3.75. The van der Waals surface area contributed by atoms with Gasteiger partial charge >= 0.3 is 5.97 Å². The van der Waals surface area contributed by atoms with Gasteiger partial charge in [0.05, 0.1) is 12.8 Å². The molecule has 0 aliphatic rings. The molecule has 0 atom stereocenters. The Morgan fingerprint density at radius 2 is 2.36 bits per heavy atom. The van der Waals surface area contributed by atoms with Gasteiger partial charge in [-0.05, 0) is 6.07 Å². The lowest BCUT2D eigenvalue weighted by atomic mass is 10.3. The smallest absolute Gasteiger partial charge is 0.364 e. The molecule has 1 rings (SSSR count). The van der Waals surface area contributed by atoms with Gasteiger partial charge in [-0.3, -0.25) is 0 Å². The number of aromatic nitrogens is 1. The number of hydrogen-bond acceptors (Lipinski definition) is 3. The fourth-order valence-corrected chi connectivity index (χ4v) is 0.816. The number of carboxylic acids is 1. The van der Waals surface area contributed by atoms with Gasteiger partial charge in [0.25, 0.3) is 0 Å². The first kappa shape index (κ1) is 10.2. The molecule has 0 aromatic carbocycles. The first-order valence-corrected chi connectivity index (χ1v) is 3.75. The second kappa shape index (κ2) is 4.36. The van der Waals surface area contributed by atoms with E-state index in [2.05, 4.69) is 4.98 Å². The molecule has 0 saturated carbocycles. The van der Waals surface area contributed by atoms with Crippen LogP contribution in [0.2, 0.25) is 0 Å². The van der Waals surface area contributed by atoms with E-state index in [1.165, 1.54) is 13.2 Å². The molecule has 1 aromatic rings. The molecule has 1 N–H and O–H groups in total. The summed E-state index contributed by atoms with van der Waals surface area (Å²) in [5.41, 5.74) is 0.198. The SMILES string of the molecule is COc1cccc(/C=C(\F)C(=O)O)n1. The number of halogens is 1. The van der Waals surface area contributed by atoms with Gasteiger partial charge in [-0.15, -0.1) is 0 Å². The number of hydrogen-bond donors (Lipinski definition) is 1. The van der Waals surface area contributed by atoms with Crippen LogP contribution in [0.1, 0.15) is 5.69 Å². The zero-order valence-corrected chi connectivity index (χ0v) is 7.40. The quantitative estimate of drug-likeness (QED) is 0.745. The number of rotatable bonds is 3. The van der Waals surface area contributed by atoms with Crippen molar-refractivity contribution in [2.45, 2.75) is 0 Å². The van der Waals surface area contributed by atoms with Crippen molar-refractivity contribution < 1.29 is 19.0 Å². The predicted octanol–water partition coefficient (Wildman–Crippen LogP) is 1.49. The van der Waals surface area contributed by atoms with Crippen molar-refractivity contribution in [2.24, 2.45) is 0 Å². The number of nitrogens with zero attached hydrogens (tertiary/aromatic N) is 1. The third kappa shape index (κ3) is 2.55. The van der Waals surface area contributed by atoms with Gasteiger partial charge in [0.15, 0.2) is 0 Å². The highest BCUT2D eigenvalue weighted by molar-refractivity contribution is 5.89. The van der Waals surface area contributed by atoms with Crippen LogP contribution < -0.4 is 4.74 Å². The van der Waals surface area contributed by atoms with Gasteiger partial charge in [0.1, 0.15) is 0 Å². The van der Waals surface area contributed by atoms with E-state index in [9.17, 15) is 9.18 Å². The first-order chi connectivity index (χ1) is 6.63. The molecule has 14 heavy (non-hydrogen) atoms. The van der Waals surface area contributed by atoms with Crippen LogP contribution in [0, 0.1) is 0 Å². The molecule has 0 saturated heterocycles. The van der Waals surface area contributed by atoms with Crippen molar-refractivity contribution in [3.8, 4) is 5.88 Å². The van der Waals surface area contributed by atoms with Crippen molar-refractivity contribution in [1.82, 2.24) is 4.98 Å². The largest absolute Gasteiger partial charge is 0.481 e. The molecule has 0 fully saturated rings. The summed E-state index contributed by atoms with van der Waals surface area (Å²) in [6.45, 7) is 0. The summed E-state index contributed by atoms with van der Waals surface area (Å²) in [6.07, 6.45) is 0.824. The van der Waals surface area contributed by atoms with Crippen molar-refractivity contribution in [2.75, 3.05) is 7.11 Å². The van der Waals surface area contributed by atoms with E-state index >= 15 is 0 Å². The van der Waals surface area contributed by atoms with Crippen molar-refractivity contribution in [3.05, 3.63) is 29.7 Å². The highest BCUT2D eigenvalue weighted by atomic mass is 19.1. The third-order valence-corrected chi connectivity index (χ3v) is 1.43. The lowest BCUT2D eigenvalue weighted by Gasteiger charge is -1.98. The Kier molecular flexibility index (Phi) is 3.17. The molecule has 0 aliphatic carbocycles. The number of pyridine rings is 1. The Bertz CT molecular complexity index is 376. The van der Waals surface area contributed by atoms with Gasteiger partial charge < -0.3 is 9.84 Å². The van der Waals surface area contributed by atoms with Crippen LogP contribution in [0.15, 0.2) is 24.0 Å². The standard InChI is InChI=1S/C9H8FNO3/c1-14-8-4-2-3-6(11-8)5-7(10)9(12)13/h2-5H,1H3,(H,12,13)/b7-5-. The normalized spacial score (nSPS) is 11.1. The van der Waals surface area contributed by atoms with Crippen molar-refractivity contribution in [1.29, 1.82) is 0 Å². The van der Waals surface area contributed by atoms with Gasteiger partial charge in [-0.1, -0.05) is 6.07 Å². The summed E-state index contributed by atoms with van der Waals surface area (Å²) in [7, 11) is 1.42. The molecule has 0 aliphatic heterocycles. The Morgan fingerprint density at radius 3 is 2.93 bits per heavy atom. The molecular formula is C9H8FNO3. The minimum atomic E-state index is -1.62. The lowest BCUT2D eigenvalue weighted by Crippen LogP contribution is -1.95. The van der Waals surface area contributed by atoms with Crippen LogP contribution in [0.4, 0.5) is 4.39 Å². The summed E-state index contributed by atoms with van der Waals surface area (Å²) in [4.78, 5) is 14.0. The number of carbonyl (C=O) groups is 1. The van der Waals surface area contributed by atoms with Gasteiger partial charge in [-0.25, -0.2) is 9.78 Å². The molecule has 74 valence electrons. The van der Waals surface area contributed by atoms with E-state index in [-0.39, 0.29) is 5.69 Å². The van der Waals surface area contributed by atoms with Crippen molar-refractivity contribution >= 4 is 12.0 Å². The summed E-state index contributed by atoms with van der Waals surface area (Å²) in [5.74, 6) is -2.57. The molecule has 0 amide bonds. The number of carboxylic acid groups (broad SMARTS) is 1. The summed E-state index contributed by atoms with van der Waals surface area (Å²) in [6, 6.07) is 4.65. The van der Waals surface area contributed by atoms with Crippen LogP contribution in [-0.2, 0) is 4.79 Å². The van der Waals surface area contributed by atoms with Crippen LogP contribution in [-0.4, -0.2) is 23.2 Å². The van der Waals surface area contributed by atoms with Gasteiger partial charge in [0.2, 0.25) is 11.7 Å². The molecule has 1 aromatic heterocycles. The minimum absolute atomic E-state index is 0.198. The van der Waals surface area contributed by atoms with Gasteiger partial charge in [0, 0.05) is 12.1 Å². The summed E-state index contributed by atoms with van der Waals surface area (Å²) in [5, 5.41) is 8.27. The molecule has 4 nitrogen and oxygen atoms in total. The molecule has 0 radical (unpaired) electrons. The monoisotopic (exact) mass is 197 g/mol. The molecule has 5 heteroatoms. The second-order valence-corrected chi connectivity index (χ2v) is 2.40. The van der Waals surface area contributed by atoms with E-state index in [1.54, 1.807) is 12.1 Å². The molecule has 0 bridgehead atoms. The van der Waals surface area contributed by atoms with E-state index in [1.807, 2.05) is 0 Å². The third-order valence-electron chi connectivity index (χ3n) is 1.43. The Hall–Kier alpha value is -1.91. The van der Waals surface area contributed by atoms with Crippen molar-refractivity contribution in [3.63, 3.8) is 0 Å². The van der Waals surface area contributed by atoms with E-state index in [0.717, 1.165) is 6.08 Å². The fraction of sp³-hybridized carbons (Fsp3) is 0.111. The highest BCUT2D eigenvalue weighted by Gasteiger charge is 2.05. The minimum Gasteiger partial charge on any atom is -0.481 e. The van der Waals surface area contributed by atoms with Crippen LogP contribution in [0.25, 0.3) is 6.08 Å². The lowest BCUT2D eigenvalue weighted by molar-refractivity contribution is -0.134. The number of aliphatic carboxylic acids is 1. The van der Waals surface area contributed by atoms with E-state index in [0.29, 0.717) is 5.88 Å². The Balaban J connectivity index is 2.97. The molecule has 0 spiro atoms. The average Bonchev–Trinajstić information content (AvgIpc) is 2.18. The second-order valence-electron chi connectivity index (χ2n) is 2.40. The average molecular weight is 197 g/mol. The zero-order chi connectivity index (χ0) is 10.6. The number of methoxy groups -OCH3 is 1. The van der Waals surface area contributed by atoms with E-state index < -0.39 is 11.8 Å². The summed E-state index contributed by atoms with van der Waals surface area (Å²) < 4.78 is 17.4. The number of ether oxygens (including phenoxy) is 1. The van der Waals surface area contributed by atoms with Crippen LogP contribution in [0.3, 0.4) is 0 Å². The molecule has 0 unspecified atom stereocenters. The fourth-order valence-electron chi connectivity index (χ4n) is 0.816. The summed E-state index contributed by atoms with van der Waals surface area (Å²) >= 11 is 0. The highest BCUT2D eigenvalue weighted by Crippen LogP contribution is 2.10. The van der Waals surface area contributed by atoms with E-state index in [4.69, 9.17) is 9.84 Å². The maximum atomic E-state index is 12.6. The molecule has 1 heterocycles. The topological polar surface area (TPSA) is 59.4 Å². The Labute approximate surface area is 79.7 Å². The van der Waals surface area contributed by atoms with Gasteiger partial charge in [-0.2, -0.15) is 4.39 Å². The zero-order valence-electron chi connectivity index (χ0n) is 7.40. The maximum absolute atomic E-state index is 12.6. The molecular weight excluding hydrogens is 189 g/mol. The van der Waals surface area contributed by atoms with Crippen LogP contribution >= 0.6 is 0 Å².